The number of alkyl halides is 6. The number of hydrogen-bond donors (Lipinski definition) is 3. The standard InChI is InChI=1S/2C9H11F3N2O2S.CH4/c1-5(4-15)16-7-6(9(10,11)12)3-13-8(14-7)17-2;1-4(15)7(16)6-5(9(10,11)12)3-13-8(14-6)17-2;/h3,5,15H,4H2,1-2H3;3-4,7,15-16H,1-2H3;1H4/t5-;4-,7?;/m11./s1. The number of aliphatic hydroxyl groups is 3. The smallest absolute Gasteiger partial charge is 0.423 e. The highest BCUT2D eigenvalue weighted by Crippen LogP contribution is 2.36. The van der Waals surface area contributed by atoms with E-state index in [4.69, 9.17) is 14.9 Å². The van der Waals surface area contributed by atoms with Crippen molar-refractivity contribution in [2.75, 3.05) is 19.1 Å². The summed E-state index contributed by atoms with van der Waals surface area (Å²) in [5.74, 6) is -0.557. The predicted octanol–water partition coefficient (Wildman–Crippen LogP) is 4.24. The molecule has 2 aromatic heterocycles. The van der Waals surface area contributed by atoms with Gasteiger partial charge in [0.1, 0.15) is 17.8 Å². The van der Waals surface area contributed by atoms with E-state index in [9.17, 15) is 31.4 Å². The summed E-state index contributed by atoms with van der Waals surface area (Å²) in [7, 11) is 0. The summed E-state index contributed by atoms with van der Waals surface area (Å²) in [5.41, 5.74) is -2.79. The monoisotopic (exact) mass is 552 g/mol. The van der Waals surface area contributed by atoms with Gasteiger partial charge in [-0.25, -0.2) is 15.0 Å². The van der Waals surface area contributed by atoms with Gasteiger partial charge in [0.05, 0.1) is 24.0 Å². The summed E-state index contributed by atoms with van der Waals surface area (Å²) < 4.78 is 80.6. The van der Waals surface area contributed by atoms with Crippen LogP contribution in [-0.4, -0.2) is 66.6 Å². The van der Waals surface area contributed by atoms with Crippen molar-refractivity contribution in [3.05, 3.63) is 29.2 Å². The number of hydrogen-bond acceptors (Lipinski definition) is 10. The van der Waals surface area contributed by atoms with E-state index in [1.165, 1.54) is 13.8 Å². The van der Waals surface area contributed by atoms with E-state index in [1.807, 2.05) is 0 Å². The molecule has 0 aliphatic heterocycles. The first-order valence-electron chi connectivity index (χ1n) is 9.25. The average Bonchev–Trinajstić information content (AvgIpc) is 2.76. The molecule has 2 rings (SSSR count). The third kappa shape index (κ3) is 9.95. The molecule has 16 heteroatoms. The zero-order valence-electron chi connectivity index (χ0n) is 18.2. The molecule has 200 valence electrons. The molecule has 0 aliphatic carbocycles. The SMILES string of the molecule is C.CSc1ncc(C(F)(F)F)c(C(O)[C@@H](C)O)n1.CSc1ncc(C(F)(F)F)c(O[C@H](C)CO)n1. The maximum absolute atomic E-state index is 12.6. The third-order valence-corrected chi connectivity index (χ3v) is 4.93. The van der Waals surface area contributed by atoms with E-state index in [0.29, 0.717) is 12.4 Å². The second kappa shape index (κ2) is 14.0. The van der Waals surface area contributed by atoms with Crippen molar-refractivity contribution in [2.45, 2.75) is 62.3 Å². The van der Waals surface area contributed by atoms with Crippen LogP contribution in [0.2, 0.25) is 0 Å². The van der Waals surface area contributed by atoms with Crippen LogP contribution in [0, 0.1) is 0 Å². The first-order chi connectivity index (χ1) is 15.6. The van der Waals surface area contributed by atoms with Gasteiger partial charge in [0.15, 0.2) is 10.3 Å². The van der Waals surface area contributed by atoms with Gasteiger partial charge in [-0.1, -0.05) is 31.0 Å². The van der Waals surface area contributed by atoms with Crippen LogP contribution in [0.3, 0.4) is 0 Å². The molecule has 0 aliphatic rings. The van der Waals surface area contributed by atoms with Crippen molar-refractivity contribution in [3.63, 3.8) is 0 Å². The van der Waals surface area contributed by atoms with Crippen LogP contribution in [0.15, 0.2) is 22.7 Å². The zero-order valence-corrected chi connectivity index (χ0v) is 19.8. The van der Waals surface area contributed by atoms with E-state index in [-0.39, 0.29) is 17.7 Å². The van der Waals surface area contributed by atoms with Crippen molar-refractivity contribution in [3.8, 4) is 5.88 Å². The Kier molecular flexibility index (Phi) is 13.3. The number of rotatable bonds is 7. The Morgan fingerprint density at radius 1 is 0.886 bits per heavy atom. The molecule has 3 N–H and O–H groups in total. The summed E-state index contributed by atoms with van der Waals surface area (Å²) >= 11 is 2.15. The van der Waals surface area contributed by atoms with Crippen LogP contribution >= 0.6 is 23.5 Å². The summed E-state index contributed by atoms with van der Waals surface area (Å²) in [6.45, 7) is 2.24. The molecule has 35 heavy (non-hydrogen) atoms. The highest BCUT2D eigenvalue weighted by Gasteiger charge is 2.38. The molecule has 0 aromatic carbocycles. The lowest BCUT2D eigenvalue weighted by Crippen LogP contribution is -2.21. The van der Waals surface area contributed by atoms with Crippen molar-refractivity contribution in [1.82, 2.24) is 19.9 Å². The summed E-state index contributed by atoms with van der Waals surface area (Å²) in [5, 5.41) is 27.7. The second-order valence-corrected chi connectivity index (χ2v) is 8.07. The van der Waals surface area contributed by atoms with Crippen LogP contribution in [0.5, 0.6) is 5.88 Å². The molecule has 8 nitrogen and oxygen atoms in total. The lowest BCUT2D eigenvalue weighted by atomic mass is 10.1. The zero-order chi connectivity index (χ0) is 26.3. The molecule has 3 atom stereocenters. The number of aromatic nitrogens is 4. The topological polar surface area (TPSA) is 121 Å². The number of aliphatic hydroxyl groups excluding tert-OH is 3. The fourth-order valence-corrected chi connectivity index (χ4v) is 2.79. The molecule has 2 aromatic rings. The number of ether oxygens (including phenoxy) is 1. The minimum Gasteiger partial charge on any atom is -0.472 e. The van der Waals surface area contributed by atoms with Crippen LogP contribution < -0.4 is 4.74 Å². The number of halogens is 6. The largest absolute Gasteiger partial charge is 0.472 e. The fourth-order valence-electron chi connectivity index (χ4n) is 2.11. The second-order valence-electron chi connectivity index (χ2n) is 6.52. The van der Waals surface area contributed by atoms with Crippen LogP contribution in [-0.2, 0) is 12.4 Å². The van der Waals surface area contributed by atoms with Crippen molar-refractivity contribution in [1.29, 1.82) is 0 Å². The van der Waals surface area contributed by atoms with Gasteiger partial charge < -0.3 is 20.1 Å². The van der Waals surface area contributed by atoms with Crippen LogP contribution in [0.4, 0.5) is 26.3 Å². The molecule has 0 radical (unpaired) electrons. The van der Waals surface area contributed by atoms with Gasteiger partial charge in [-0.3, -0.25) is 0 Å². The van der Waals surface area contributed by atoms with Crippen LogP contribution in [0.1, 0.15) is 44.2 Å². The van der Waals surface area contributed by atoms with Gasteiger partial charge in [0, 0.05) is 12.4 Å². The Labute approximate surface area is 206 Å². The summed E-state index contributed by atoms with van der Waals surface area (Å²) in [4.78, 5) is 14.3. The molecule has 0 amide bonds. The van der Waals surface area contributed by atoms with E-state index in [1.54, 1.807) is 12.5 Å². The Hall–Kier alpha value is -1.88. The Bertz CT molecular complexity index is 935. The minimum absolute atomic E-state index is 0. The molecule has 0 spiro atoms. The minimum atomic E-state index is -4.66. The van der Waals surface area contributed by atoms with Gasteiger partial charge in [-0.05, 0) is 26.4 Å². The Morgan fingerprint density at radius 2 is 1.34 bits per heavy atom. The number of nitrogens with zero attached hydrogens (tertiary/aromatic N) is 4. The average molecular weight is 553 g/mol. The van der Waals surface area contributed by atoms with Crippen molar-refractivity contribution >= 4 is 23.5 Å². The van der Waals surface area contributed by atoms with Crippen molar-refractivity contribution in [2.24, 2.45) is 0 Å². The van der Waals surface area contributed by atoms with Crippen LogP contribution in [0.25, 0.3) is 0 Å². The lowest BCUT2D eigenvalue weighted by molar-refractivity contribution is -0.141. The Morgan fingerprint density at radius 3 is 1.74 bits per heavy atom. The first-order valence-corrected chi connectivity index (χ1v) is 11.7. The first kappa shape index (κ1) is 33.1. The van der Waals surface area contributed by atoms with Crippen molar-refractivity contribution < 1.29 is 46.4 Å². The van der Waals surface area contributed by atoms with E-state index >= 15 is 0 Å². The highest BCUT2D eigenvalue weighted by molar-refractivity contribution is 7.98. The molecule has 2 heterocycles. The normalized spacial score (nSPS) is 14.2. The van der Waals surface area contributed by atoms with Gasteiger partial charge in [0.25, 0.3) is 0 Å². The maximum Gasteiger partial charge on any atom is 0.423 e. The molecular weight excluding hydrogens is 526 g/mol. The Balaban J connectivity index is 0.000000642. The third-order valence-electron chi connectivity index (χ3n) is 3.81. The fraction of sp³-hybridized carbons (Fsp3) is 0.579. The van der Waals surface area contributed by atoms with Gasteiger partial charge in [-0.15, -0.1) is 0 Å². The quantitative estimate of drug-likeness (QED) is 0.261. The molecule has 0 saturated carbocycles. The molecule has 0 fully saturated rings. The van der Waals surface area contributed by atoms with E-state index in [2.05, 4.69) is 19.9 Å². The predicted molar refractivity (Wildman–Crippen MR) is 118 cm³/mol. The summed E-state index contributed by atoms with van der Waals surface area (Å²) in [6, 6.07) is 0. The van der Waals surface area contributed by atoms with Gasteiger partial charge in [-0.2, -0.15) is 31.3 Å². The van der Waals surface area contributed by atoms with Gasteiger partial charge >= 0.3 is 12.4 Å². The van der Waals surface area contributed by atoms with E-state index in [0.717, 1.165) is 23.5 Å². The molecular formula is C19H26F6N4O4S2. The maximum atomic E-state index is 12.6. The lowest BCUT2D eigenvalue weighted by Gasteiger charge is -2.18. The highest BCUT2D eigenvalue weighted by atomic mass is 32.2. The summed E-state index contributed by atoms with van der Waals surface area (Å²) in [6.07, 6.45) is -8.52. The molecule has 0 saturated heterocycles. The van der Waals surface area contributed by atoms with Gasteiger partial charge in [0.2, 0.25) is 5.88 Å². The number of thioether (sulfide) groups is 2. The van der Waals surface area contributed by atoms with E-state index < -0.39 is 60.0 Å². The molecule has 0 bridgehead atoms. The molecule has 1 unspecified atom stereocenters.